The van der Waals surface area contributed by atoms with E-state index in [2.05, 4.69) is 33.4 Å². The summed E-state index contributed by atoms with van der Waals surface area (Å²) in [6.45, 7) is 0.354. The smallest absolute Gasteiger partial charge is 0.262 e. The standard InChI is InChI=1S/C22H18BrCl2NO3/c23-19-11-16(24)12-20(25)22(19)29-14-21(27)26-17-7-4-8-18(13-17)28-10-9-15-5-2-1-3-6-15/h1-8,11-13H,9-10,14H2,(H,26,27). The van der Waals surface area contributed by atoms with E-state index in [9.17, 15) is 4.79 Å². The highest BCUT2D eigenvalue weighted by molar-refractivity contribution is 9.10. The summed E-state index contributed by atoms with van der Waals surface area (Å²) in [5, 5.41) is 3.58. The molecule has 1 N–H and O–H groups in total. The molecule has 0 heterocycles. The Morgan fingerprint density at radius 2 is 1.76 bits per heavy atom. The molecule has 7 heteroatoms. The fourth-order valence-electron chi connectivity index (χ4n) is 2.60. The Hall–Kier alpha value is -2.21. The van der Waals surface area contributed by atoms with E-state index in [0.29, 0.717) is 38.3 Å². The first-order valence-corrected chi connectivity index (χ1v) is 10.4. The van der Waals surface area contributed by atoms with Gasteiger partial charge in [-0.15, -0.1) is 0 Å². The van der Waals surface area contributed by atoms with Crippen LogP contribution in [0.4, 0.5) is 5.69 Å². The van der Waals surface area contributed by atoms with Gasteiger partial charge < -0.3 is 14.8 Å². The van der Waals surface area contributed by atoms with Gasteiger partial charge in [-0.25, -0.2) is 0 Å². The van der Waals surface area contributed by atoms with Gasteiger partial charge in [-0.2, -0.15) is 0 Å². The molecule has 0 aliphatic heterocycles. The zero-order valence-electron chi connectivity index (χ0n) is 15.3. The molecular formula is C22H18BrCl2NO3. The van der Waals surface area contributed by atoms with Crippen molar-refractivity contribution in [2.24, 2.45) is 0 Å². The van der Waals surface area contributed by atoms with Gasteiger partial charge in [0.05, 0.1) is 16.1 Å². The maximum atomic E-state index is 12.2. The van der Waals surface area contributed by atoms with Crippen molar-refractivity contribution in [2.75, 3.05) is 18.5 Å². The summed E-state index contributed by atoms with van der Waals surface area (Å²) in [5.74, 6) is 0.733. The van der Waals surface area contributed by atoms with Crippen molar-refractivity contribution in [3.63, 3.8) is 0 Å². The molecule has 3 aromatic rings. The molecule has 0 fully saturated rings. The average molecular weight is 495 g/mol. The number of hydrogen-bond acceptors (Lipinski definition) is 3. The van der Waals surface area contributed by atoms with Crippen LogP contribution in [0.3, 0.4) is 0 Å². The third kappa shape index (κ3) is 6.67. The first-order chi connectivity index (χ1) is 14.0. The summed E-state index contributed by atoms with van der Waals surface area (Å²) in [5.41, 5.74) is 1.83. The monoisotopic (exact) mass is 493 g/mol. The van der Waals surface area contributed by atoms with Gasteiger partial charge in [0.25, 0.3) is 5.91 Å². The molecule has 0 spiro atoms. The number of amides is 1. The number of rotatable bonds is 8. The van der Waals surface area contributed by atoms with Gasteiger partial charge in [-0.05, 0) is 45.8 Å². The molecule has 0 saturated heterocycles. The Labute approximate surface area is 187 Å². The lowest BCUT2D eigenvalue weighted by Gasteiger charge is -2.12. The van der Waals surface area contributed by atoms with E-state index in [0.717, 1.165) is 6.42 Å². The van der Waals surface area contributed by atoms with Gasteiger partial charge in [0.1, 0.15) is 5.75 Å². The van der Waals surface area contributed by atoms with Crippen molar-refractivity contribution in [2.45, 2.75) is 6.42 Å². The average Bonchev–Trinajstić information content (AvgIpc) is 2.68. The van der Waals surface area contributed by atoms with Crippen molar-refractivity contribution in [3.8, 4) is 11.5 Å². The second-order valence-corrected chi connectivity index (χ2v) is 7.85. The zero-order valence-corrected chi connectivity index (χ0v) is 18.4. The van der Waals surface area contributed by atoms with Gasteiger partial charge in [0.2, 0.25) is 0 Å². The summed E-state index contributed by atoms with van der Waals surface area (Å²) in [6.07, 6.45) is 0.808. The lowest BCUT2D eigenvalue weighted by atomic mass is 10.2. The van der Waals surface area contributed by atoms with E-state index in [1.54, 1.807) is 24.3 Å². The fraction of sp³-hybridized carbons (Fsp3) is 0.136. The Bertz CT molecular complexity index is 960. The lowest BCUT2D eigenvalue weighted by molar-refractivity contribution is -0.118. The van der Waals surface area contributed by atoms with Gasteiger partial charge >= 0.3 is 0 Å². The quantitative estimate of drug-likeness (QED) is 0.394. The van der Waals surface area contributed by atoms with E-state index in [1.807, 2.05) is 30.3 Å². The molecule has 0 aromatic heterocycles. The maximum Gasteiger partial charge on any atom is 0.262 e. The largest absolute Gasteiger partial charge is 0.493 e. The summed E-state index contributed by atoms with van der Waals surface area (Å²) in [4.78, 5) is 12.2. The van der Waals surface area contributed by atoms with E-state index in [-0.39, 0.29) is 12.5 Å². The van der Waals surface area contributed by atoms with Gasteiger partial charge in [-0.3, -0.25) is 4.79 Å². The fourth-order valence-corrected chi connectivity index (χ4v) is 3.97. The van der Waals surface area contributed by atoms with Crippen LogP contribution < -0.4 is 14.8 Å². The molecule has 29 heavy (non-hydrogen) atoms. The van der Waals surface area contributed by atoms with Gasteiger partial charge in [0, 0.05) is 23.2 Å². The molecule has 0 radical (unpaired) electrons. The summed E-state index contributed by atoms with van der Waals surface area (Å²) >= 11 is 15.3. The molecule has 0 aliphatic carbocycles. The predicted molar refractivity (Wildman–Crippen MR) is 120 cm³/mol. The summed E-state index contributed by atoms with van der Waals surface area (Å²) in [7, 11) is 0. The molecule has 4 nitrogen and oxygen atoms in total. The Balaban J connectivity index is 1.51. The molecule has 3 rings (SSSR count). The highest BCUT2D eigenvalue weighted by atomic mass is 79.9. The zero-order chi connectivity index (χ0) is 20.6. The third-order valence-corrected chi connectivity index (χ3v) is 5.02. The van der Waals surface area contributed by atoms with Crippen LogP contribution >= 0.6 is 39.1 Å². The first kappa shape index (κ1) is 21.5. The highest BCUT2D eigenvalue weighted by Crippen LogP contribution is 2.36. The Morgan fingerprint density at radius 1 is 0.966 bits per heavy atom. The van der Waals surface area contributed by atoms with Crippen LogP contribution in [0.1, 0.15) is 5.56 Å². The third-order valence-electron chi connectivity index (χ3n) is 3.93. The second kappa shape index (κ2) is 10.5. The number of ether oxygens (including phenoxy) is 2. The van der Waals surface area contributed by atoms with E-state index >= 15 is 0 Å². The number of benzene rings is 3. The van der Waals surface area contributed by atoms with Crippen LogP contribution in [0.15, 0.2) is 71.2 Å². The minimum Gasteiger partial charge on any atom is -0.493 e. The maximum absolute atomic E-state index is 12.2. The van der Waals surface area contributed by atoms with Crippen LogP contribution in [0.2, 0.25) is 10.0 Å². The minimum atomic E-state index is -0.315. The van der Waals surface area contributed by atoms with Gasteiger partial charge in [-0.1, -0.05) is 59.6 Å². The van der Waals surface area contributed by atoms with Crippen molar-refractivity contribution in [1.82, 2.24) is 0 Å². The van der Waals surface area contributed by atoms with Crippen molar-refractivity contribution in [1.29, 1.82) is 0 Å². The van der Waals surface area contributed by atoms with Crippen LogP contribution in [0.25, 0.3) is 0 Å². The molecule has 0 unspecified atom stereocenters. The molecule has 3 aromatic carbocycles. The Morgan fingerprint density at radius 3 is 2.52 bits per heavy atom. The number of carbonyl (C=O) groups excluding carboxylic acids is 1. The first-order valence-electron chi connectivity index (χ1n) is 8.85. The summed E-state index contributed by atoms with van der Waals surface area (Å²) in [6, 6.07) is 20.5. The van der Waals surface area contributed by atoms with Crippen molar-refractivity contribution >= 4 is 50.7 Å². The predicted octanol–water partition coefficient (Wildman–Crippen LogP) is 6.39. The molecule has 0 aliphatic rings. The Kier molecular flexibility index (Phi) is 7.81. The molecule has 0 saturated carbocycles. The number of carbonyl (C=O) groups is 1. The molecule has 1 amide bonds. The van der Waals surface area contributed by atoms with Crippen molar-refractivity contribution in [3.05, 3.63) is 86.8 Å². The van der Waals surface area contributed by atoms with Crippen molar-refractivity contribution < 1.29 is 14.3 Å². The van der Waals surface area contributed by atoms with E-state index < -0.39 is 0 Å². The number of hydrogen-bond donors (Lipinski definition) is 1. The number of nitrogens with one attached hydrogen (secondary N) is 1. The molecule has 150 valence electrons. The SMILES string of the molecule is O=C(COc1c(Cl)cc(Cl)cc1Br)Nc1cccc(OCCc2ccccc2)c1. The molecule has 0 bridgehead atoms. The number of anilines is 1. The second-order valence-electron chi connectivity index (χ2n) is 6.15. The highest BCUT2D eigenvalue weighted by Gasteiger charge is 2.11. The number of halogens is 3. The topological polar surface area (TPSA) is 47.6 Å². The lowest BCUT2D eigenvalue weighted by Crippen LogP contribution is -2.20. The summed E-state index contributed by atoms with van der Waals surface area (Å²) < 4.78 is 11.9. The normalized spacial score (nSPS) is 10.4. The molecular weight excluding hydrogens is 477 g/mol. The van der Waals surface area contributed by atoms with E-state index in [1.165, 1.54) is 5.56 Å². The van der Waals surface area contributed by atoms with Crippen LogP contribution in [0.5, 0.6) is 11.5 Å². The van der Waals surface area contributed by atoms with E-state index in [4.69, 9.17) is 32.7 Å². The minimum absolute atomic E-state index is 0.195. The molecule has 0 atom stereocenters. The van der Waals surface area contributed by atoms with Crippen LogP contribution in [-0.4, -0.2) is 19.1 Å². The van der Waals surface area contributed by atoms with Crippen LogP contribution in [-0.2, 0) is 11.2 Å². The van der Waals surface area contributed by atoms with Crippen LogP contribution in [0, 0.1) is 0 Å². The van der Waals surface area contributed by atoms with Gasteiger partial charge in [0.15, 0.2) is 12.4 Å².